The monoisotopic (exact) mass is 584 g/mol. The fraction of sp³-hybridized carbons (Fsp3) is 0.133. The summed E-state index contributed by atoms with van der Waals surface area (Å²) in [7, 11) is 0. The summed E-state index contributed by atoms with van der Waals surface area (Å²) in [5, 5.41) is 20.9. The molecule has 41 heavy (non-hydrogen) atoms. The van der Waals surface area contributed by atoms with Crippen molar-refractivity contribution in [2.24, 2.45) is 0 Å². The summed E-state index contributed by atoms with van der Waals surface area (Å²) < 4.78 is 6.91. The number of nitrogens with zero attached hydrogens (tertiary/aromatic N) is 5. The number of thioether (sulfide) groups is 1. The van der Waals surface area contributed by atoms with Crippen LogP contribution in [0.5, 0.6) is 0 Å². The molecule has 2 aromatic heterocycles. The number of rotatable bonds is 10. The van der Waals surface area contributed by atoms with E-state index in [0.29, 0.717) is 44.0 Å². The van der Waals surface area contributed by atoms with E-state index in [2.05, 4.69) is 25.8 Å². The van der Waals surface area contributed by atoms with Gasteiger partial charge in [-0.1, -0.05) is 101 Å². The molecule has 5 rings (SSSR count). The lowest BCUT2D eigenvalue weighted by Crippen LogP contribution is -2.19. The minimum Gasteiger partial charge on any atom is -0.462 e. The first-order valence-corrected chi connectivity index (χ1v) is 14.1. The van der Waals surface area contributed by atoms with E-state index >= 15 is 0 Å². The summed E-state index contributed by atoms with van der Waals surface area (Å²) in [6.45, 7) is 1.94. The van der Waals surface area contributed by atoms with E-state index in [-0.39, 0.29) is 19.1 Å². The Hall–Kier alpha value is -4.54. The summed E-state index contributed by atoms with van der Waals surface area (Å²) in [5.41, 5.74) is 4.34. The van der Waals surface area contributed by atoms with Crippen molar-refractivity contribution in [3.63, 3.8) is 0 Å². The molecule has 0 aliphatic carbocycles. The average Bonchev–Trinajstić information content (AvgIpc) is 3.44. The van der Waals surface area contributed by atoms with Gasteiger partial charge >= 0.3 is 5.97 Å². The molecule has 0 bridgehead atoms. The number of benzene rings is 3. The quantitative estimate of drug-likeness (QED) is 0.153. The van der Waals surface area contributed by atoms with Crippen LogP contribution in [-0.2, 0) is 21.8 Å². The molecular formula is C30H25ClN6O3S. The highest BCUT2D eigenvalue weighted by atomic mass is 35.5. The molecule has 0 saturated heterocycles. The molecule has 9 nitrogen and oxygen atoms in total. The topological polar surface area (TPSA) is 112 Å². The van der Waals surface area contributed by atoms with Crippen molar-refractivity contribution in [1.29, 1.82) is 0 Å². The van der Waals surface area contributed by atoms with E-state index in [9.17, 15) is 9.59 Å². The van der Waals surface area contributed by atoms with E-state index in [4.69, 9.17) is 16.3 Å². The Kier molecular flexibility index (Phi) is 9.02. The van der Waals surface area contributed by atoms with Crippen molar-refractivity contribution in [3.05, 3.63) is 107 Å². The van der Waals surface area contributed by atoms with Gasteiger partial charge in [-0.2, -0.15) is 0 Å². The summed E-state index contributed by atoms with van der Waals surface area (Å²) in [6.07, 6.45) is 1.67. The first-order valence-electron chi connectivity index (χ1n) is 12.8. The smallest absolute Gasteiger partial charge is 0.341 e. The second kappa shape index (κ2) is 13.2. The maximum atomic E-state index is 13.4. The van der Waals surface area contributed by atoms with Gasteiger partial charge in [0.15, 0.2) is 0 Å². The molecule has 1 amide bonds. The van der Waals surface area contributed by atoms with E-state index in [0.717, 1.165) is 11.1 Å². The largest absolute Gasteiger partial charge is 0.462 e. The SMILES string of the molecule is CCOC(=O)c1c(SCc2cn(CC(=O)Nc3ccccc3Cl)nn2)nnc(-c2ccccc2)c1-c1ccccc1. The Bertz CT molecular complexity index is 1660. The van der Waals surface area contributed by atoms with Gasteiger partial charge in [0.2, 0.25) is 5.91 Å². The molecule has 206 valence electrons. The molecule has 5 aromatic rings. The first-order chi connectivity index (χ1) is 20.0. The van der Waals surface area contributed by atoms with Crippen LogP contribution in [0.1, 0.15) is 23.0 Å². The van der Waals surface area contributed by atoms with Gasteiger partial charge in [0.25, 0.3) is 0 Å². The molecule has 0 fully saturated rings. The van der Waals surface area contributed by atoms with Gasteiger partial charge in [0.05, 0.1) is 23.0 Å². The van der Waals surface area contributed by atoms with Crippen LogP contribution in [0, 0.1) is 0 Å². The number of hydrogen-bond donors (Lipinski definition) is 1. The molecule has 2 heterocycles. The Labute approximate surface area is 245 Å². The number of carbonyl (C=O) groups excluding carboxylic acids is 2. The predicted molar refractivity (Wildman–Crippen MR) is 159 cm³/mol. The number of para-hydroxylation sites is 1. The van der Waals surface area contributed by atoms with Crippen LogP contribution in [0.4, 0.5) is 5.69 Å². The highest BCUT2D eigenvalue weighted by Gasteiger charge is 2.26. The molecule has 0 aliphatic rings. The zero-order valence-electron chi connectivity index (χ0n) is 22.0. The number of amides is 1. The number of nitrogens with one attached hydrogen (secondary N) is 1. The summed E-state index contributed by atoms with van der Waals surface area (Å²) in [6, 6.07) is 26.2. The molecule has 0 aliphatic heterocycles. The molecule has 0 atom stereocenters. The van der Waals surface area contributed by atoms with Crippen LogP contribution >= 0.6 is 23.4 Å². The lowest BCUT2D eigenvalue weighted by atomic mass is 9.96. The molecule has 3 aromatic carbocycles. The van der Waals surface area contributed by atoms with Gasteiger partial charge in [-0.3, -0.25) is 4.79 Å². The van der Waals surface area contributed by atoms with Gasteiger partial charge in [-0.15, -0.1) is 15.3 Å². The van der Waals surface area contributed by atoms with Crippen LogP contribution in [0.25, 0.3) is 22.4 Å². The number of anilines is 1. The molecule has 0 spiro atoms. The number of esters is 1. The second-order valence-electron chi connectivity index (χ2n) is 8.78. The van der Waals surface area contributed by atoms with Crippen molar-refractivity contribution in [2.45, 2.75) is 24.2 Å². The Morgan fingerprint density at radius 1 is 0.902 bits per heavy atom. The lowest BCUT2D eigenvalue weighted by molar-refractivity contribution is -0.116. The summed E-state index contributed by atoms with van der Waals surface area (Å²) in [4.78, 5) is 25.9. The molecule has 11 heteroatoms. The number of carbonyl (C=O) groups is 2. The molecule has 0 unspecified atom stereocenters. The van der Waals surface area contributed by atoms with Crippen LogP contribution < -0.4 is 5.32 Å². The standard InChI is InChI=1S/C30H25ClN6O3S/c1-2-40-30(39)27-26(20-11-5-3-6-12-20)28(21-13-7-4-8-14-21)34-35-29(27)41-19-22-17-37(36-33-22)18-25(38)32-24-16-10-9-15-23(24)31/h3-17H,2,18-19H2,1H3,(H,32,38). The summed E-state index contributed by atoms with van der Waals surface area (Å²) >= 11 is 7.42. The third kappa shape index (κ3) is 6.79. The van der Waals surface area contributed by atoms with Crippen LogP contribution in [-0.4, -0.2) is 43.7 Å². The lowest BCUT2D eigenvalue weighted by Gasteiger charge is -2.16. The zero-order chi connectivity index (χ0) is 28.6. The van der Waals surface area contributed by atoms with Gasteiger partial charge in [-0.05, 0) is 24.6 Å². The molecule has 1 N–H and O–H groups in total. The number of hydrogen-bond acceptors (Lipinski definition) is 8. The van der Waals surface area contributed by atoms with Crippen LogP contribution in [0.2, 0.25) is 5.02 Å². The third-order valence-corrected chi connectivity index (χ3v) is 7.26. The average molecular weight is 585 g/mol. The van der Waals surface area contributed by atoms with E-state index in [1.165, 1.54) is 16.4 Å². The van der Waals surface area contributed by atoms with E-state index in [1.807, 2.05) is 60.7 Å². The Morgan fingerprint density at radius 2 is 1.59 bits per heavy atom. The Morgan fingerprint density at radius 3 is 2.29 bits per heavy atom. The highest BCUT2D eigenvalue weighted by molar-refractivity contribution is 7.98. The summed E-state index contributed by atoms with van der Waals surface area (Å²) in [5.74, 6) is -0.436. The van der Waals surface area contributed by atoms with Crippen molar-refractivity contribution in [2.75, 3.05) is 11.9 Å². The van der Waals surface area contributed by atoms with E-state index < -0.39 is 5.97 Å². The normalized spacial score (nSPS) is 10.8. The Balaban J connectivity index is 1.41. The third-order valence-electron chi connectivity index (χ3n) is 5.93. The number of aromatic nitrogens is 5. The van der Waals surface area contributed by atoms with Gasteiger partial charge in [-0.25, -0.2) is 9.48 Å². The minimum absolute atomic E-state index is 0.0410. The van der Waals surface area contributed by atoms with Gasteiger partial charge in [0.1, 0.15) is 22.8 Å². The maximum Gasteiger partial charge on any atom is 0.341 e. The van der Waals surface area contributed by atoms with Gasteiger partial charge < -0.3 is 10.1 Å². The van der Waals surface area contributed by atoms with E-state index in [1.54, 1.807) is 37.4 Å². The fourth-order valence-corrected chi connectivity index (χ4v) is 5.15. The number of halogens is 1. The molecule has 0 radical (unpaired) electrons. The zero-order valence-corrected chi connectivity index (χ0v) is 23.6. The first kappa shape index (κ1) is 28.0. The maximum absolute atomic E-state index is 13.4. The predicted octanol–water partition coefficient (Wildman–Crippen LogP) is 6.16. The van der Waals surface area contributed by atoms with Crippen molar-refractivity contribution < 1.29 is 14.3 Å². The fourth-order valence-electron chi connectivity index (χ4n) is 4.12. The second-order valence-corrected chi connectivity index (χ2v) is 10.2. The van der Waals surface area contributed by atoms with Crippen LogP contribution in [0.3, 0.4) is 0 Å². The molecule has 0 saturated carbocycles. The van der Waals surface area contributed by atoms with Crippen molar-refractivity contribution in [1.82, 2.24) is 25.2 Å². The van der Waals surface area contributed by atoms with Crippen LogP contribution in [0.15, 0.2) is 96.2 Å². The van der Waals surface area contributed by atoms with Gasteiger partial charge in [0, 0.05) is 23.1 Å². The van der Waals surface area contributed by atoms with Crippen molar-refractivity contribution >= 4 is 40.9 Å². The molecular weight excluding hydrogens is 560 g/mol. The number of ether oxygens (including phenoxy) is 1. The highest BCUT2D eigenvalue weighted by Crippen LogP contribution is 2.38. The van der Waals surface area contributed by atoms with Crippen molar-refractivity contribution in [3.8, 4) is 22.4 Å². The minimum atomic E-state index is -0.485.